The number of rotatable bonds is 3. The predicted molar refractivity (Wildman–Crippen MR) is 24.1 cm³/mol. The van der Waals surface area contributed by atoms with E-state index in [1.807, 2.05) is 0 Å². The van der Waals surface area contributed by atoms with E-state index in [0.29, 0.717) is 0 Å². The molecule has 0 saturated heterocycles. The molecular formula is C2H7N3O2. The van der Waals surface area contributed by atoms with Crippen molar-refractivity contribution >= 4 is 0 Å². The van der Waals surface area contributed by atoms with E-state index in [-0.39, 0.29) is 13.1 Å². The molecule has 0 aromatic rings. The molecule has 0 rings (SSSR count). The summed E-state index contributed by atoms with van der Waals surface area (Å²) in [7, 11) is 0. The number of nitro groups is 1. The van der Waals surface area contributed by atoms with Crippen LogP contribution in [0.3, 0.4) is 0 Å². The summed E-state index contributed by atoms with van der Waals surface area (Å²) in [6.07, 6.45) is 0. The minimum absolute atomic E-state index is 0.115. The molecule has 3 N–H and O–H groups in total. The van der Waals surface area contributed by atoms with Crippen LogP contribution in [-0.4, -0.2) is 18.0 Å². The molecule has 5 heteroatoms. The second kappa shape index (κ2) is 3.51. The van der Waals surface area contributed by atoms with Crippen LogP contribution < -0.4 is 11.3 Å². The fraction of sp³-hybridized carbons (Fsp3) is 1.00. The molecule has 0 spiro atoms. The molecule has 0 radical (unpaired) electrons. The largest absolute Gasteiger partial charge is 0.271 e. The van der Waals surface area contributed by atoms with Gasteiger partial charge in [-0.25, -0.2) is 0 Å². The fourth-order valence-electron chi connectivity index (χ4n) is 0.156. The third kappa shape index (κ3) is 5.32. The van der Waals surface area contributed by atoms with Crippen molar-refractivity contribution in [2.75, 3.05) is 13.1 Å². The highest BCUT2D eigenvalue weighted by molar-refractivity contribution is 4.28. The SMILES string of the molecule is NNCC[N+](=O)[O-]. The quantitative estimate of drug-likeness (QED) is 0.266. The number of nitrogens with two attached hydrogens (primary N) is 1. The van der Waals surface area contributed by atoms with Crippen LogP contribution in [0.5, 0.6) is 0 Å². The molecule has 42 valence electrons. The Hall–Kier alpha value is -0.680. The Morgan fingerprint density at radius 3 is 2.57 bits per heavy atom. The highest BCUT2D eigenvalue weighted by Gasteiger charge is 1.89. The minimum Gasteiger partial charge on any atom is -0.271 e. The molecule has 0 aromatic carbocycles. The van der Waals surface area contributed by atoms with Crippen molar-refractivity contribution < 1.29 is 4.92 Å². The van der Waals surface area contributed by atoms with Crippen molar-refractivity contribution in [3.63, 3.8) is 0 Å². The van der Waals surface area contributed by atoms with Crippen LogP contribution in [-0.2, 0) is 0 Å². The molecule has 0 aromatic heterocycles. The average molecular weight is 105 g/mol. The summed E-state index contributed by atoms with van der Waals surface area (Å²) in [6, 6.07) is 0. The monoisotopic (exact) mass is 105 g/mol. The van der Waals surface area contributed by atoms with Gasteiger partial charge in [-0.2, -0.15) is 0 Å². The molecule has 0 saturated carbocycles. The van der Waals surface area contributed by atoms with Gasteiger partial charge in [0.25, 0.3) is 0 Å². The highest BCUT2D eigenvalue weighted by atomic mass is 16.6. The van der Waals surface area contributed by atoms with Crippen molar-refractivity contribution in [1.82, 2.24) is 5.43 Å². The topological polar surface area (TPSA) is 81.2 Å². The number of nitrogens with one attached hydrogen (secondary N) is 1. The van der Waals surface area contributed by atoms with Crippen molar-refractivity contribution in [2.45, 2.75) is 0 Å². The third-order valence-electron chi connectivity index (χ3n) is 0.439. The van der Waals surface area contributed by atoms with Crippen LogP contribution >= 0.6 is 0 Å². The van der Waals surface area contributed by atoms with E-state index in [4.69, 9.17) is 5.84 Å². The standard InChI is InChI=1S/C2H7N3O2/c3-4-1-2-5(6)7/h4H,1-3H2. The Kier molecular flexibility index (Phi) is 3.17. The van der Waals surface area contributed by atoms with Gasteiger partial charge in [-0.15, -0.1) is 0 Å². The van der Waals surface area contributed by atoms with Gasteiger partial charge in [0, 0.05) is 4.92 Å². The molecule has 5 nitrogen and oxygen atoms in total. The summed E-state index contributed by atoms with van der Waals surface area (Å²) in [5, 5.41) is 9.47. The first-order valence-corrected chi connectivity index (χ1v) is 1.82. The van der Waals surface area contributed by atoms with Crippen molar-refractivity contribution in [3.8, 4) is 0 Å². The predicted octanol–water partition coefficient (Wildman–Crippen LogP) is -1.27. The maximum absolute atomic E-state index is 9.47. The van der Waals surface area contributed by atoms with Gasteiger partial charge >= 0.3 is 0 Å². The maximum atomic E-state index is 9.47. The van der Waals surface area contributed by atoms with Gasteiger partial charge in [0.2, 0.25) is 6.54 Å². The zero-order chi connectivity index (χ0) is 5.70. The lowest BCUT2D eigenvalue weighted by molar-refractivity contribution is -0.477. The molecule has 0 aliphatic carbocycles. The van der Waals surface area contributed by atoms with Gasteiger partial charge in [-0.1, -0.05) is 0 Å². The van der Waals surface area contributed by atoms with Crippen molar-refractivity contribution in [2.24, 2.45) is 5.84 Å². The van der Waals surface area contributed by atoms with E-state index in [1.54, 1.807) is 0 Å². The number of hydrazine groups is 1. The van der Waals surface area contributed by atoms with Crippen LogP contribution in [0.2, 0.25) is 0 Å². The van der Waals surface area contributed by atoms with Gasteiger partial charge in [-0.05, 0) is 0 Å². The lowest BCUT2D eigenvalue weighted by Gasteiger charge is -1.87. The summed E-state index contributed by atoms with van der Waals surface area (Å²) < 4.78 is 0. The lowest BCUT2D eigenvalue weighted by Crippen LogP contribution is -2.27. The number of nitrogens with zero attached hydrogens (tertiary/aromatic N) is 1. The molecule has 0 atom stereocenters. The zero-order valence-corrected chi connectivity index (χ0v) is 3.76. The van der Waals surface area contributed by atoms with E-state index in [9.17, 15) is 10.1 Å². The van der Waals surface area contributed by atoms with Crippen LogP contribution in [0.4, 0.5) is 0 Å². The molecule has 0 amide bonds. The fourth-order valence-corrected chi connectivity index (χ4v) is 0.156. The molecule has 0 bridgehead atoms. The van der Waals surface area contributed by atoms with Crippen molar-refractivity contribution in [1.29, 1.82) is 0 Å². The molecule has 0 unspecified atom stereocenters. The molecule has 0 fully saturated rings. The first kappa shape index (κ1) is 6.32. The van der Waals surface area contributed by atoms with E-state index in [2.05, 4.69) is 5.43 Å². The Morgan fingerprint density at radius 2 is 2.43 bits per heavy atom. The summed E-state index contributed by atoms with van der Waals surface area (Å²) in [5.74, 6) is 4.72. The lowest BCUT2D eigenvalue weighted by atomic mass is 10.7. The van der Waals surface area contributed by atoms with Gasteiger partial charge in [0.1, 0.15) is 0 Å². The molecule has 7 heavy (non-hydrogen) atoms. The van der Waals surface area contributed by atoms with Crippen molar-refractivity contribution in [3.05, 3.63) is 10.1 Å². The van der Waals surface area contributed by atoms with Gasteiger partial charge < -0.3 is 0 Å². The second-order valence-corrected chi connectivity index (χ2v) is 1.01. The molecule has 0 aliphatic heterocycles. The summed E-state index contributed by atoms with van der Waals surface area (Å²) >= 11 is 0. The normalized spacial score (nSPS) is 8.71. The van der Waals surface area contributed by atoms with E-state index >= 15 is 0 Å². The van der Waals surface area contributed by atoms with E-state index < -0.39 is 4.92 Å². The van der Waals surface area contributed by atoms with Gasteiger partial charge in [0.15, 0.2) is 0 Å². The highest BCUT2D eigenvalue weighted by Crippen LogP contribution is 1.60. The van der Waals surface area contributed by atoms with E-state index in [0.717, 1.165) is 0 Å². The van der Waals surface area contributed by atoms with Gasteiger partial charge in [-0.3, -0.25) is 21.4 Å². The zero-order valence-electron chi connectivity index (χ0n) is 3.76. The molecule has 0 heterocycles. The average Bonchev–Trinajstić information content (AvgIpc) is 1.61. The molecular weight excluding hydrogens is 98.0 g/mol. The Morgan fingerprint density at radius 1 is 1.86 bits per heavy atom. The molecule has 0 aliphatic rings. The maximum Gasteiger partial charge on any atom is 0.217 e. The smallest absolute Gasteiger partial charge is 0.217 e. The second-order valence-electron chi connectivity index (χ2n) is 1.01. The number of hydrogen-bond acceptors (Lipinski definition) is 4. The summed E-state index contributed by atoms with van der Waals surface area (Å²) in [5.41, 5.74) is 2.16. The van der Waals surface area contributed by atoms with Gasteiger partial charge in [0.05, 0.1) is 6.54 Å². The van der Waals surface area contributed by atoms with Crippen LogP contribution in [0.25, 0.3) is 0 Å². The summed E-state index contributed by atoms with van der Waals surface area (Å²) in [4.78, 5) is 9.04. The third-order valence-corrected chi connectivity index (χ3v) is 0.439. The Balaban J connectivity index is 2.82. The van der Waals surface area contributed by atoms with Crippen LogP contribution in [0.1, 0.15) is 0 Å². The Bertz CT molecular complexity index is 64.0. The first-order chi connectivity index (χ1) is 3.27. The first-order valence-electron chi connectivity index (χ1n) is 1.82. The van der Waals surface area contributed by atoms with Crippen LogP contribution in [0, 0.1) is 10.1 Å². The number of hydrogen-bond donors (Lipinski definition) is 2. The van der Waals surface area contributed by atoms with E-state index in [1.165, 1.54) is 0 Å². The van der Waals surface area contributed by atoms with Crippen LogP contribution in [0.15, 0.2) is 0 Å². The Labute approximate surface area is 40.6 Å². The minimum atomic E-state index is -0.431. The summed E-state index contributed by atoms with van der Waals surface area (Å²) in [6.45, 7) is 0.115.